The molecule has 2 N–H and O–H groups in total. The van der Waals surface area contributed by atoms with E-state index in [2.05, 4.69) is 29.7 Å². The normalized spacial score (nSPS) is 17.9. The molecule has 0 aliphatic carbocycles. The molecule has 1 aliphatic rings. The minimum absolute atomic E-state index is 0.508. The van der Waals surface area contributed by atoms with Crippen LogP contribution in [0.25, 0.3) is 0 Å². The van der Waals surface area contributed by atoms with E-state index in [9.17, 15) is 0 Å². The Morgan fingerprint density at radius 2 is 1.87 bits per heavy atom. The van der Waals surface area contributed by atoms with Gasteiger partial charge in [-0.25, -0.2) is 5.48 Å². The standard InChI is InChI=1S/C12H17NO2/c14-13-9-10-1-3-11(4-2-10)12-5-7-15-8-6-12/h1-4,12-14H,5-9H2. The first kappa shape index (κ1) is 10.6. The van der Waals surface area contributed by atoms with Crippen molar-refractivity contribution in [3.63, 3.8) is 0 Å². The average molecular weight is 207 g/mol. The number of rotatable bonds is 3. The lowest BCUT2D eigenvalue weighted by molar-refractivity contribution is 0.0853. The molecule has 1 fully saturated rings. The molecule has 15 heavy (non-hydrogen) atoms. The minimum atomic E-state index is 0.508. The van der Waals surface area contributed by atoms with Crippen LogP contribution in [-0.4, -0.2) is 18.4 Å². The molecule has 1 saturated heterocycles. The molecular weight excluding hydrogens is 190 g/mol. The van der Waals surface area contributed by atoms with Crippen molar-refractivity contribution in [3.8, 4) is 0 Å². The van der Waals surface area contributed by atoms with Crippen LogP contribution in [0.2, 0.25) is 0 Å². The molecule has 1 aromatic carbocycles. The summed E-state index contributed by atoms with van der Waals surface area (Å²) in [7, 11) is 0. The van der Waals surface area contributed by atoms with Crippen molar-refractivity contribution in [1.82, 2.24) is 5.48 Å². The van der Waals surface area contributed by atoms with Crippen LogP contribution in [0.5, 0.6) is 0 Å². The summed E-state index contributed by atoms with van der Waals surface area (Å²) in [5.74, 6) is 0.648. The first-order chi connectivity index (χ1) is 7.40. The fourth-order valence-electron chi connectivity index (χ4n) is 2.03. The van der Waals surface area contributed by atoms with Crippen molar-refractivity contribution in [3.05, 3.63) is 35.4 Å². The predicted octanol–water partition coefficient (Wildman–Crippen LogP) is 2.06. The number of hydroxylamine groups is 1. The number of hydrogen-bond acceptors (Lipinski definition) is 3. The van der Waals surface area contributed by atoms with Gasteiger partial charge in [0.1, 0.15) is 0 Å². The van der Waals surface area contributed by atoms with Gasteiger partial charge in [0, 0.05) is 19.8 Å². The SMILES string of the molecule is ONCc1ccc(C2CCOCC2)cc1. The van der Waals surface area contributed by atoms with E-state index in [-0.39, 0.29) is 0 Å². The third-order valence-corrected chi connectivity index (χ3v) is 2.96. The number of hydrogen-bond donors (Lipinski definition) is 2. The molecule has 0 aromatic heterocycles. The molecule has 82 valence electrons. The third kappa shape index (κ3) is 2.78. The summed E-state index contributed by atoms with van der Waals surface area (Å²) in [6, 6.07) is 8.44. The van der Waals surface area contributed by atoms with Gasteiger partial charge in [0.05, 0.1) is 0 Å². The third-order valence-electron chi connectivity index (χ3n) is 2.96. The molecule has 0 unspecified atom stereocenters. The second-order valence-electron chi connectivity index (χ2n) is 3.96. The van der Waals surface area contributed by atoms with Crippen LogP contribution < -0.4 is 5.48 Å². The molecule has 1 aromatic rings. The van der Waals surface area contributed by atoms with Crippen molar-refractivity contribution in [2.45, 2.75) is 25.3 Å². The zero-order valence-corrected chi connectivity index (χ0v) is 8.78. The van der Waals surface area contributed by atoms with Crippen LogP contribution >= 0.6 is 0 Å². The lowest BCUT2D eigenvalue weighted by atomic mass is 9.91. The van der Waals surface area contributed by atoms with E-state index in [4.69, 9.17) is 9.94 Å². The Kier molecular flexibility index (Phi) is 3.72. The topological polar surface area (TPSA) is 41.5 Å². The van der Waals surface area contributed by atoms with Gasteiger partial charge in [0.25, 0.3) is 0 Å². The lowest BCUT2D eigenvalue weighted by Gasteiger charge is -2.22. The smallest absolute Gasteiger partial charge is 0.0471 e. The summed E-state index contributed by atoms with van der Waals surface area (Å²) < 4.78 is 5.34. The van der Waals surface area contributed by atoms with Crippen molar-refractivity contribution >= 4 is 0 Å². The van der Waals surface area contributed by atoms with Crippen molar-refractivity contribution in [2.75, 3.05) is 13.2 Å². The summed E-state index contributed by atoms with van der Waals surface area (Å²) in [4.78, 5) is 0. The van der Waals surface area contributed by atoms with Gasteiger partial charge < -0.3 is 9.94 Å². The minimum Gasteiger partial charge on any atom is -0.381 e. The monoisotopic (exact) mass is 207 g/mol. The van der Waals surface area contributed by atoms with Crippen LogP contribution in [0.1, 0.15) is 29.9 Å². The fourth-order valence-corrected chi connectivity index (χ4v) is 2.03. The molecule has 0 radical (unpaired) electrons. The molecule has 0 bridgehead atoms. The molecule has 0 saturated carbocycles. The highest BCUT2D eigenvalue weighted by Gasteiger charge is 2.15. The Hall–Kier alpha value is -0.900. The first-order valence-corrected chi connectivity index (χ1v) is 5.43. The van der Waals surface area contributed by atoms with E-state index in [1.807, 2.05) is 0 Å². The predicted molar refractivity (Wildman–Crippen MR) is 57.9 cm³/mol. The Morgan fingerprint density at radius 3 is 2.47 bits per heavy atom. The van der Waals surface area contributed by atoms with Crippen LogP contribution in [0.4, 0.5) is 0 Å². The highest BCUT2D eigenvalue weighted by molar-refractivity contribution is 5.25. The van der Waals surface area contributed by atoms with Gasteiger partial charge >= 0.3 is 0 Å². The maximum atomic E-state index is 8.57. The van der Waals surface area contributed by atoms with Crippen LogP contribution in [0.3, 0.4) is 0 Å². The van der Waals surface area contributed by atoms with E-state index in [1.54, 1.807) is 0 Å². The van der Waals surface area contributed by atoms with Gasteiger partial charge in [0.2, 0.25) is 0 Å². The van der Waals surface area contributed by atoms with Crippen molar-refractivity contribution in [1.29, 1.82) is 0 Å². The maximum absolute atomic E-state index is 8.57. The summed E-state index contributed by atoms with van der Waals surface area (Å²) >= 11 is 0. The van der Waals surface area contributed by atoms with E-state index >= 15 is 0 Å². The average Bonchev–Trinajstić information content (AvgIpc) is 2.32. The Labute approximate surface area is 90.0 Å². The molecule has 1 heterocycles. The molecule has 2 rings (SSSR count). The molecule has 1 aliphatic heterocycles. The molecule has 3 heteroatoms. The van der Waals surface area contributed by atoms with Crippen LogP contribution in [-0.2, 0) is 11.3 Å². The maximum Gasteiger partial charge on any atom is 0.0471 e. The number of ether oxygens (including phenoxy) is 1. The van der Waals surface area contributed by atoms with E-state index < -0.39 is 0 Å². The van der Waals surface area contributed by atoms with E-state index in [0.29, 0.717) is 12.5 Å². The highest BCUT2D eigenvalue weighted by atomic mass is 16.5. The van der Waals surface area contributed by atoms with Crippen molar-refractivity contribution in [2.24, 2.45) is 0 Å². The Balaban J connectivity index is 2.02. The van der Waals surface area contributed by atoms with Gasteiger partial charge in [-0.2, -0.15) is 0 Å². The van der Waals surface area contributed by atoms with Crippen LogP contribution in [0.15, 0.2) is 24.3 Å². The van der Waals surface area contributed by atoms with E-state index in [1.165, 1.54) is 5.56 Å². The highest BCUT2D eigenvalue weighted by Crippen LogP contribution is 2.26. The summed E-state index contributed by atoms with van der Waals surface area (Å²) in [5.41, 5.74) is 4.66. The Bertz CT molecular complexity index is 291. The lowest BCUT2D eigenvalue weighted by Crippen LogP contribution is -2.14. The molecular formula is C12H17NO2. The summed E-state index contributed by atoms with van der Waals surface area (Å²) in [6.07, 6.45) is 2.25. The van der Waals surface area contributed by atoms with Crippen molar-refractivity contribution < 1.29 is 9.94 Å². The molecule has 0 amide bonds. The summed E-state index contributed by atoms with van der Waals surface area (Å²) in [6.45, 7) is 2.27. The van der Waals surface area contributed by atoms with Gasteiger partial charge in [0.15, 0.2) is 0 Å². The number of benzene rings is 1. The van der Waals surface area contributed by atoms with Gasteiger partial charge in [-0.05, 0) is 29.9 Å². The second-order valence-corrected chi connectivity index (χ2v) is 3.96. The van der Waals surface area contributed by atoms with Gasteiger partial charge in [-0.1, -0.05) is 24.3 Å². The second kappa shape index (κ2) is 5.26. The fraction of sp³-hybridized carbons (Fsp3) is 0.500. The Morgan fingerprint density at radius 1 is 1.20 bits per heavy atom. The molecule has 3 nitrogen and oxygen atoms in total. The van der Waals surface area contributed by atoms with Gasteiger partial charge in [-0.3, -0.25) is 0 Å². The molecule has 0 spiro atoms. The van der Waals surface area contributed by atoms with E-state index in [0.717, 1.165) is 31.6 Å². The largest absolute Gasteiger partial charge is 0.381 e. The number of nitrogens with one attached hydrogen (secondary N) is 1. The zero-order chi connectivity index (χ0) is 10.5. The zero-order valence-electron chi connectivity index (χ0n) is 8.78. The summed E-state index contributed by atoms with van der Waals surface area (Å²) in [5, 5.41) is 8.57. The van der Waals surface area contributed by atoms with Gasteiger partial charge in [-0.15, -0.1) is 0 Å². The quantitative estimate of drug-likeness (QED) is 0.745. The first-order valence-electron chi connectivity index (χ1n) is 5.43. The van der Waals surface area contributed by atoms with Crippen LogP contribution in [0, 0.1) is 0 Å². The molecule has 0 atom stereocenters.